The quantitative estimate of drug-likeness (QED) is 0.486. The molecule has 6 nitrogen and oxygen atoms in total. The Balaban J connectivity index is 1.83. The summed E-state index contributed by atoms with van der Waals surface area (Å²) in [4.78, 5) is 32.7. The number of phenolic OH excluding ortho intramolecular Hbond substituents is 1. The molecule has 0 radical (unpaired) electrons. The molecule has 0 spiro atoms. The highest BCUT2D eigenvalue weighted by Crippen LogP contribution is 2.41. The summed E-state index contributed by atoms with van der Waals surface area (Å²) in [5.74, 6) is -0.148. The number of benzene rings is 2. The van der Waals surface area contributed by atoms with Gasteiger partial charge in [-0.05, 0) is 66.9 Å². The highest BCUT2D eigenvalue weighted by atomic mass is 35.5. The minimum atomic E-state index is -0.800. The Morgan fingerprint density at radius 2 is 1.84 bits per heavy atom. The van der Waals surface area contributed by atoms with Gasteiger partial charge in [0.25, 0.3) is 5.91 Å². The lowest BCUT2D eigenvalue weighted by atomic mass is 9.97. The zero-order valence-corrected chi connectivity index (χ0v) is 17.5. The van der Waals surface area contributed by atoms with Gasteiger partial charge < -0.3 is 9.52 Å². The van der Waals surface area contributed by atoms with Gasteiger partial charge in [0.05, 0.1) is 22.0 Å². The molecule has 1 N–H and O–H groups in total. The second-order valence-electron chi connectivity index (χ2n) is 7.61. The van der Waals surface area contributed by atoms with E-state index in [1.807, 2.05) is 13.8 Å². The molecule has 154 valence electrons. The van der Waals surface area contributed by atoms with Crippen molar-refractivity contribution in [3.63, 3.8) is 0 Å². The van der Waals surface area contributed by atoms with Crippen molar-refractivity contribution >= 4 is 34.3 Å². The van der Waals surface area contributed by atoms with Crippen LogP contribution in [-0.2, 0) is 0 Å². The van der Waals surface area contributed by atoms with Crippen LogP contribution in [0.5, 0.6) is 5.75 Å². The average molecular weight is 433 g/mol. The number of halogens is 1. The molecule has 31 heavy (non-hydrogen) atoms. The molecule has 1 atom stereocenters. The second kappa shape index (κ2) is 6.96. The predicted molar refractivity (Wildman–Crippen MR) is 118 cm³/mol. The number of fused-ring (bicyclic) bond motifs is 2. The van der Waals surface area contributed by atoms with Gasteiger partial charge in [-0.3, -0.25) is 14.5 Å². The number of hydrogen-bond acceptors (Lipinski definition) is 5. The molecule has 2 aromatic heterocycles. The fourth-order valence-electron chi connectivity index (χ4n) is 3.99. The summed E-state index contributed by atoms with van der Waals surface area (Å²) in [7, 11) is 0. The summed E-state index contributed by atoms with van der Waals surface area (Å²) >= 11 is 5.98. The van der Waals surface area contributed by atoms with Crippen LogP contribution in [0.3, 0.4) is 0 Å². The van der Waals surface area contributed by atoms with Crippen molar-refractivity contribution in [2.45, 2.75) is 19.9 Å². The third-order valence-electron chi connectivity index (χ3n) is 5.63. The van der Waals surface area contributed by atoms with E-state index in [4.69, 9.17) is 16.0 Å². The lowest BCUT2D eigenvalue weighted by Crippen LogP contribution is -2.30. The van der Waals surface area contributed by atoms with Crippen LogP contribution >= 0.6 is 11.6 Å². The molecule has 1 aliphatic heterocycles. The molecule has 5 rings (SSSR count). The molecule has 1 amide bonds. The minimum absolute atomic E-state index is 0.0224. The summed E-state index contributed by atoms with van der Waals surface area (Å²) in [5.41, 5.74) is 2.79. The third kappa shape index (κ3) is 2.99. The summed E-state index contributed by atoms with van der Waals surface area (Å²) in [6, 6.07) is 12.5. The Hall–Kier alpha value is -3.64. The number of carbonyl (C=O) groups is 1. The topological polar surface area (TPSA) is 83.6 Å². The van der Waals surface area contributed by atoms with E-state index in [0.717, 1.165) is 11.1 Å². The van der Waals surface area contributed by atoms with Crippen molar-refractivity contribution in [2.75, 3.05) is 4.90 Å². The van der Waals surface area contributed by atoms with Gasteiger partial charge in [0.2, 0.25) is 5.76 Å². The first-order chi connectivity index (χ1) is 14.8. The number of aromatic nitrogens is 1. The lowest BCUT2D eigenvalue weighted by Gasteiger charge is -2.24. The number of aryl methyl sites for hydroxylation is 2. The van der Waals surface area contributed by atoms with E-state index < -0.39 is 11.9 Å². The van der Waals surface area contributed by atoms with E-state index in [0.29, 0.717) is 27.4 Å². The van der Waals surface area contributed by atoms with Crippen molar-refractivity contribution in [1.29, 1.82) is 0 Å². The maximum absolute atomic E-state index is 13.6. The van der Waals surface area contributed by atoms with Gasteiger partial charge in [-0.15, -0.1) is 0 Å². The Labute approximate surface area is 182 Å². The molecule has 0 saturated carbocycles. The molecule has 0 bridgehead atoms. The summed E-state index contributed by atoms with van der Waals surface area (Å²) in [5, 5.41) is 10.9. The first-order valence-electron chi connectivity index (χ1n) is 9.67. The fraction of sp³-hybridized carbons (Fsp3) is 0.125. The standard InChI is InChI=1S/C24H17ClN2O4/c1-12-8-17-18(9-13(12)2)31-23-20(22(17)29)21(14-4-3-5-16(28)10-14)27(24(23)30)19-7-6-15(25)11-26-19/h3-11,21,28H,1-2H3. The molecular formula is C24H17ClN2O4. The van der Waals surface area contributed by atoms with Crippen LogP contribution < -0.4 is 10.3 Å². The molecular weight excluding hydrogens is 416 g/mol. The van der Waals surface area contributed by atoms with Crippen molar-refractivity contribution < 1.29 is 14.3 Å². The molecule has 1 aliphatic rings. The van der Waals surface area contributed by atoms with Gasteiger partial charge in [-0.25, -0.2) is 4.98 Å². The number of phenols is 1. The number of carbonyl (C=O) groups excluding carboxylic acids is 1. The summed E-state index contributed by atoms with van der Waals surface area (Å²) in [6.07, 6.45) is 1.44. The third-order valence-corrected chi connectivity index (χ3v) is 5.85. The van der Waals surface area contributed by atoms with E-state index >= 15 is 0 Å². The molecule has 0 fully saturated rings. The SMILES string of the molecule is Cc1cc2oc3c(c(=O)c2cc1C)C(c1cccc(O)c1)N(c1ccc(Cl)cn1)C3=O. The number of amides is 1. The number of rotatable bonds is 2. The molecule has 4 aromatic rings. The van der Waals surface area contributed by atoms with Crippen LogP contribution in [0.2, 0.25) is 5.02 Å². The maximum atomic E-state index is 13.6. The number of pyridine rings is 1. The molecule has 7 heteroatoms. The summed E-state index contributed by atoms with van der Waals surface area (Å²) in [6.45, 7) is 3.84. The monoisotopic (exact) mass is 432 g/mol. The second-order valence-corrected chi connectivity index (χ2v) is 8.05. The van der Waals surface area contributed by atoms with Crippen LogP contribution in [0.4, 0.5) is 5.82 Å². The van der Waals surface area contributed by atoms with Crippen LogP contribution in [-0.4, -0.2) is 16.0 Å². The number of nitrogens with zero attached hydrogens (tertiary/aromatic N) is 2. The van der Waals surface area contributed by atoms with E-state index in [1.165, 1.54) is 23.2 Å². The Morgan fingerprint density at radius 1 is 1.06 bits per heavy atom. The van der Waals surface area contributed by atoms with E-state index in [-0.39, 0.29) is 22.5 Å². The van der Waals surface area contributed by atoms with Gasteiger partial charge in [0.15, 0.2) is 5.43 Å². The Bertz CT molecular complexity index is 1430. The number of aromatic hydroxyl groups is 1. The largest absolute Gasteiger partial charge is 0.508 e. The Kier molecular flexibility index (Phi) is 4.34. The molecule has 0 aliphatic carbocycles. The number of anilines is 1. The van der Waals surface area contributed by atoms with Crippen molar-refractivity contribution in [1.82, 2.24) is 4.98 Å². The highest BCUT2D eigenvalue weighted by molar-refractivity contribution is 6.30. The van der Waals surface area contributed by atoms with Crippen molar-refractivity contribution in [2.24, 2.45) is 0 Å². The smallest absolute Gasteiger partial charge is 0.296 e. The first-order valence-corrected chi connectivity index (χ1v) is 10.0. The zero-order chi connectivity index (χ0) is 21.9. The maximum Gasteiger partial charge on any atom is 0.296 e. The minimum Gasteiger partial charge on any atom is -0.508 e. The van der Waals surface area contributed by atoms with Gasteiger partial charge in [-0.1, -0.05) is 23.7 Å². The Morgan fingerprint density at radius 3 is 2.55 bits per heavy atom. The van der Waals surface area contributed by atoms with Crippen LogP contribution in [0.25, 0.3) is 11.0 Å². The normalized spacial score (nSPS) is 15.5. The number of hydrogen-bond donors (Lipinski definition) is 1. The van der Waals surface area contributed by atoms with Gasteiger partial charge in [0.1, 0.15) is 17.2 Å². The molecule has 0 saturated heterocycles. The predicted octanol–water partition coefficient (Wildman–Crippen LogP) is 4.91. The first kappa shape index (κ1) is 19.3. The average Bonchev–Trinajstić information content (AvgIpc) is 3.03. The van der Waals surface area contributed by atoms with E-state index in [9.17, 15) is 14.7 Å². The van der Waals surface area contributed by atoms with Gasteiger partial charge in [0, 0.05) is 6.20 Å². The summed E-state index contributed by atoms with van der Waals surface area (Å²) < 4.78 is 5.98. The highest BCUT2D eigenvalue weighted by Gasteiger charge is 2.44. The van der Waals surface area contributed by atoms with Crippen LogP contribution in [0.1, 0.15) is 38.9 Å². The van der Waals surface area contributed by atoms with Gasteiger partial charge in [-0.2, -0.15) is 0 Å². The van der Waals surface area contributed by atoms with Crippen LogP contribution in [0.15, 0.2) is 63.9 Å². The van der Waals surface area contributed by atoms with Gasteiger partial charge >= 0.3 is 0 Å². The lowest BCUT2D eigenvalue weighted by molar-refractivity contribution is 0.0970. The van der Waals surface area contributed by atoms with Crippen LogP contribution in [0, 0.1) is 13.8 Å². The molecule has 3 heterocycles. The zero-order valence-electron chi connectivity index (χ0n) is 16.7. The van der Waals surface area contributed by atoms with E-state index in [1.54, 1.807) is 36.4 Å². The fourth-order valence-corrected chi connectivity index (χ4v) is 4.10. The van der Waals surface area contributed by atoms with Crippen molar-refractivity contribution in [3.05, 3.63) is 98.0 Å². The molecule has 1 unspecified atom stereocenters. The van der Waals surface area contributed by atoms with E-state index in [2.05, 4.69) is 4.98 Å². The van der Waals surface area contributed by atoms with Crippen molar-refractivity contribution in [3.8, 4) is 5.75 Å². The molecule has 2 aromatic carbocycles.